The van der Waals surface area contributed by atoms with Gasteiger partial charge in [-0.2, -0.15) is 0 Å². The smallest absolute Gasteiger partial charge is 0.265 e. The highest BCUT2D eigenvalue weighted by Crippen LogP contribution is 2.40. The molecule has 10 heteroatoms. The van der Waals surface area contributed by atoms with E-state index in [-0.39, 0.29) is 24.6 Å². The first-order valence-electron chi connectivity index (χ1n) is 21.0. The van der Waals surface area contributed by atoms with E-state index in [0.29, 0.717) is 52.9 Å². The number of likely N-dealkylation sites (N-methyl/N-ethyl adjacent to an activating group) is 1. The lowest BCUT2D eigenvalue weighted by molar-refractivity contribution is 0.0535. The number of benzene rings is 6. The molecule has 306 valence electrons. The SMILES string of the molecule is CN1CCN(C[C@@H]2Cc3ccccc3CN2C(=O)c2cc3c(cc2-n2cc(C(=O)N(c4ccccc4)c4ccc(OCc5ccccc5)cc4)c4ccccc42)OCO3)CC1. The lowest BCUT2D eigenvalue weighted by Gasteiger charge is -2.41. The van der Waals surface area contributed by atoms with Gasteiger partial charge in [0.1, 0.15) is 12.4 Å². The monoisotopic (exact) mass is 809 g/mol. The van der Waals surface area contributed by atoms with Crippen LogP contribution in [0.25, 0.3) is 16.6 Å². The molecule has 1 aromatic heterocycles. The molecule has 61 heavy (non-hydrogen) atoms. The normalized spacial score (nSPS) is 16.3. The number of ether oxygens (including phenoxy) is 3. The van der Waals surface area contributed by atoms with Crippen LogP contribution in [-0.4, -0.2) is 83.7 Å². The molecule has 3 aliphatic heterocycles. The Hall–Kier alpha value is -6.88. The summed E-state index contributed by atoms with van der Waals surface area (Å²) in [4.78, 5) is 39.1. The largest absolute Gasteiger partial charge is 0.489 e. The van der Waals surface area contributed by atoms with Crippen LogP contribution in [0.1, 0.15) is 37.4 Å². The molecule has 0 bridgehead atoms. The molecule has 3 aliphatic rings. The summed E-state index contributed by atoms with van der Waals surface area (Å²) in [5, 5.41) is 0.757. The number of aromatic nitrogens is 1. The first-order valence-corrected chi connectivity index (χ1v) is 21.0. The Labute approximate surface area is 355 Å². The average Bonchev–Trinajstić information content (AvgIpc) is 3.94. The van der Waals surface area contributed by atoms with Gasteiger partial charge in [0.15, 0.2) is 11.5 Å². The number of rotatable bonds is 10. The van der Waals surface area contributed by atoms with Crippen LogP contribution in [0.3, 0.4) is 0 Å². The molecule has 10 nitrogen and oxygen atoms in total. The molecular weight excluding hydrogens is 763 g/mol. The van der Waals surface area contributed by atoms with Crippen molar-refractivity contribution in [1.29, 1.82) is 0 Å². The number of carbonyl (C=O) groups excluding carboxylic acids is 2. The van der Waals surface area contributed by atoms with Crippen molar-refractivity contribution in [3.8, 4) is 22.9 Å². The van der Waals surface area contributed by atoms with Crippen LogP contribution in [0.15, 0.2) is 152 Å². The Morgan fingerprint density at radius 3 is 2.13 bits per heavy atom. The number of nitrogens with zero attached hydrogens (tertiary/aromatic N) is 5. The second-order valence-electron chi connectivity index (χ2n) is 16.1. The van der Waals surface area contributed by atoms with Gasteiger partial charge in [-0.25, -0.2) is 0 Å². The summed E-state index contributed by atoms with van der Waals surface area (Å²) in [6, 6.07) is 47.3. The summed E-state index contributed by atoms with van der Waals surface area (Å²) in [6.45, 7) is 5.71. The van der Waals surface area contributed by atoms with E-state index in [9.17, 15) is 0 Å². The van der Waals surface area contributed by atoms with Gasteiger partial charge < -0.3 is 28.6 Å². The lowest BCUT2D eigenvalue weighted by Crippen LogP contribution is -2.53. The van der Waals surface area contributed by atoms with E-state index in [1.165, 1.54) is 5.56 Å². The fourth-order valence-electron chi connectivity index (χ4n) is 8.84. The maximum absolute atomic E-state index is 15.3. The highest BCUT2D eigenvalue weighted by Gasteiger charge is 2.35. The zero-order chi connectivity index (χ0) is 41.3. The van der Waals surface area contributed by atoms with E-state index in [0.717, 1.165) is 66.9 Å². The third-order valence-electron chi connectivity index (χ3n) is 12.2. The number of piperazine rings is 1. The van der Waals surface area contributed by atoms with Crippen molar-refractivity contribution in [2.75, 3.05) is 51.5 Å². The minimum Gasteiger partial charge on any atom is -0.489 e. The molecule has 0 unspecified atom stereocenters. The number of fused-ring (bicyclic) bond motifs is 3. The molecule has 7 aromatic rings. The highest BCUT2D eigenvalue weighted by molar-refractivity contribution is 6.17. The summed E-state index contributed by atoms with van der Waals surface area (Å²) in [6.07, 6.45) is 2.64. The van der Waals surface area contributed by atoms with Crippen molar-refractivity contribution in [3.05, 3.63) is 180 Å². The van der Waals surface area contributed by atoms with Gasteiger partial charge in [-0.1, -0.05) is 91.0 Å². The van der Waals surface area contributed by atoms with E-state index in [4.69, 9.17) is 14.2 Å². The molecule has 0 aliphatic carbocycles. The van der Waals surface area contributed by atoms with Gasteiger partial charge in [-0.3, -0.25) is 19.4 Å². The lowest BCUT2D eigenvalue weighted by atomic mass is 9.92. The Kier molecular flexibility index (Phi) is 10.5. The predicted molar refractivity (Wildman–Crippen MR) is 237 cm³/mol. The van der Waals surface area contributed by atoms with Gasteiger partial charge in [0.2, 0.25) is 6.79 Å². The molecule has 10 rings (SSSR count). The van der Waals surface area contributed by atoms with E-state index >= 15 is 9.59 Å². The van der Waals surface area contributed by atoms with Gasteiger partial charge in [0, 0.05) is 74.3 Å². The Bertz CT molecular complexity index is 2690. The molecule has 4 heterocycles. The summed E-state index contributed by atoms with van der Waals surface area (Å²) in [5.41, 5.74) is 7.30. The predicted octanol–water partition coefficient (Wildman–Crippen LogP) is 8.73. The quantitative estimate of drug-likeness (QED) is 0.137. The van der Waals surface area contributed by atoms with Crippen molar-refractivity contribution in [3.63, 3.8) is 0 Å². The van der Waals surface area contributed by atoms with Gasteiger partial charge >= 0.3 is 0 Å². The van der Waals surface area contributed by atoms with Crippen LogP contribution >= 0.6 is 0 Å². The molecule has 0 radical (unpaired) electrons. The molecule has 0 saturated carbocycles. The fourth-order valence-corrected chi connectivity index (χ4v) is 8.84. The van der Waals surface area contributed by atoms with Crippen molar-refractivity contribution < 1.29 is 23.8 Å². The van der Waals surface area contributed by atoms with Crippen LogP contribution in [-0.2, 0) is 19.6 Å². The number of amides is 2. The molecular formula is C51H47N5O5. The number of para-hydroxylation sites is 2. The van der Waals surface area contributed by atoms with E-state index < -0.39 is 0 Å². The third kappa shape index (κ3) is 7.72. The van der Waals surface area contributed by atoms with Gasteiger partial charge in [-0.05, 0) is 78.7 Å². The molecule has 6 aromatic carbocycles. The van der Waals surface area contributed by atoms with Crippen LogP contribution in [0.2, 0.25) is 0 Å². The van der Waals surface area contributed by atoms with Crippen LogP contribution in [0, 0.1) is 0 Å². The maximum Gasteiger partial charge on any atom is 0.265 e. The zero-order valence-electron chi connectivity index (χ0n) is 34.2. The minimum atomic E-state index is -0.215. The van der Waals surface area contributed by atoms with Crippen molar-refractivity contribution >= 4 is 34.1 Å². The van der Waals surface area contributed by atoms with Crippen LogP contribution in [0.4, 0.5) is 11.4 Å². The van der Waals surface area contributed by atoms with Gasteiger partial charge in [0.25, 0.3) is 11.8 Å². The summed E-state index contributed by atoms with van der Waals surface area (Å²) < 4.78 is 19.9. The first-order chi connectivity index (χ1) is 30.0. The first kappa shape index (κ1) is 38.3. The number of anilines is 2. The Morgan fingerprint density at radius 2 is 1.36 bits per heavy atom. The second-order valence-corrected chi connectivity index (χ2v) is 16.1. The molecule has 1 atom stereocenters. The topological polar surface area (TPSA) is 79.7 Å². The molecule has 0 N–H and O–H groups in total. The third-order valence-corrected chi connectivity index (χ3v) is 12.2. The molecule has 1 saturated heterocycles. The summed E-state index contributed by atoms with van der Waals surface area (Å²) in [5.74, 6) is 1.48. The molecule has 1 fully saturated rings. The summed E-state index contributed by atoms with van der Waals surface area (Å²) >= 11 is 0. The number of carbonyl (C=O) groups is 2. The van der Waals surface area contributed by atoms with Crippen molar-refractivity contribution in [2.24, 2.45) is 0 Å². The van der Waals surface area contributed by atoms with Crippen LogP contribution in [0.5, 0.6) is 17.2 Å². The van der Waals surface area contributed by atoms with E-state index in [1.807, 2.05) is 143 Å². The van der Waals surface area contributed by atoms with Gasteiger partial charge in [0.05, 0.1) is 22.3 Å². The molecule has 2 amide bonds. The Balaban J connectivity index is 1.03. The second kappa shape index (κ2) is 16.6. The molecule has 0 spiro atoms. The maximum atomic E-state index is 15.3. The summed E-state index contributed by atoms with van der Waals surface area (Å²) in [7, 11) is 2.16. The number of hydrogen-bond donors (Lipinski definition) is 0. The van der Waals surface area contributed by atoms with Crippen LogP contribution < -0.4 is 19.1 Å². The Morgan fingerprint density at radius 1 is 0.705 bits per heavy atom. The van der Waals surface area contributed by atoms with Crippen molar-refractivity contribution in [1.82, 2.24) is 19.3 Å². The van der Waals surface area contributed by atoms with Crippen molar-refractivity contribution in [2.45, 2.75) is 25.6 Å². The number of hydrogen-bond acceptors (Lipinski definition) is 7. The van der Waals surface area contributed by atoms with E-state index in [1.54, 1.807) is 4.90 Å². The highest BCUT2D eigenvalue weighted by atomic mass is 16.7. The average molecular weight is 810 g/mol. The standard InChI is InChI=1S/C51H47N5O5/c1-52-24-26-53(27-25-52)32-41-28-37-14-8-9-15-38(37)31-54(41)50(57)44-29-48-49(61-35-60-48)30-47(44)55-33-45(43-18-10-11-19-46(43)55)51(58)56(39-16-6-3-7-17-39)40-20-22-42(23-21-40)59-34-36-12-4-2-5-13-36/h2-23,29-30,33,41H,24-28,31-32,34-35H2,1H3/t41-/m0/s1. The van der Waals surface area contributed by atoms with Gasteiger partial charge in [-0.15, -0.1) is 0 Å². The minimum absolute atomic E-state index is 0.0304. The fraction of sp³-hybridized carbons (Fsp3) is 0.216. The zero-order valence-corrected chi connectivity index (χ0v) is 34.2. The van der Waals surface area contributed by atoms with E-state index in [2.05, 4.69) is 35.0 Å².